The van der Waals surface area contributed by atoms with Crippen molar-refractivity contribution in [2.24, 2.45) is 5.92 Å². The number of hydrogen-bond acceptors (Lipinski definition) is 7. The number of carbonyl (C=O) groups excluding carboxylic acids is 1. The highest BCUT2D eigenvalue weighted by molar-refractivity contribution is 5.84. The Kier molecular flexibility index (Phi) is 6.95. The number of hydrogen-bond donors (Lipinski definition) is 6. The molecule has 1 aliphatic heterocycles. The highest BCUT2D eigenvalue weighted by Crippen LogP contribution is 2.23. The summed E-state index contributed by atoms with van der Waals surface area (Å²) in [5.74, 6) is -2.45. The molecule has 0 aliphatic carbocycles. The lowest BCUT2D eigenvalue weighted by molar-refractivity contribution is -0.149. The first-order valence-electron chi connectivity index (χ1n) is 7.23. The third-order valence-corrected chi connectivity index (χ3v) is 3.36. The number of amides is 1. The van der Waals surface area contributed by atoms with Crippen molar-refractivity contribution < 1.29 is 39.9 Å². The first-order chi connectivity index (χ1) is 10.7. The first kappa shape index (κ1) is 19.4. The van der Waals surface area contributed by atoms with Crippen molar-refractivity contribution in [2.75, 3.05) is 6.61 Å². The molecule has 0 saturated heterocycles. The molecule has 1 aliphatic rings. The van der Waals surface area contributed by atoms with Gasteiger partial charge >= 0.3 is 5.97 Å². The summed E-state index contributed by atoms with van der Waals surface area (Å²) in [6.45, 7) is 2.84. The molecule has 0 spiro atoms. The van der Waals surface area contributed by atoms with Gasteiger partial charge in [0.1, 0.15) is 18.3 Å². The van der Waals surface area contributed by atoms with Crippen molar-refractivity contribution in [3.05, 3.63) is 11.8 Å². The number of carboxylic acid groups (broad SMARTS) is 1. The lowest BCUT2D eigenvalue weighted by atomic mass is 9.93. The fraction of sp³-hybridized carbons (Fsp3) is 0.714. The number of carboxylic acids is 1. The van der Waals surface area contributed by atoms with E-state index in [0.717, 1.165) is 6.08 Å². The van der Waals surface area contributed by atoms with Crippen LogP contribution in [0, 0.1) is 5.92 Å². The van der Waals surface area contributed by atoms with Gasteiger partial charge in [-0.2, -0.15) is 0 Å². The zero-order chi connectivity index (χ0) is 17.7. The quantitative estimate of drug-likeness (QED) is 0.311. The van der Waals surface area contributed by atoms with Crippen LogP contribution in [0.1, 0.15) is 20.3 Å². The normalized spacial score (nSPS) is 26.9. The predicted octanol–water partition coefficient (Wildman–Crippen LogP) is -2.04. The van der Waals surface area contributed by atoms with E-state index in [2.05, 4.69) is 5.32 Å². The maximum Gasteiger partial charge on any atom is 0.370 e. The Labute approximate surface area is 133 Å². The van der Waals surface area contributed by atoms with E-state index < -0.39 is 54.7 Å². The standard InChI is InChI=1S/C14H23NO8/c1-6(2)3-10(19)15-11-7(17)4-9(14(21)22)23-13(11)12(20)8(18)5-16/h4,6-8,11-13,16-18,20H,3,5H2,1-2H3,(H,15,19)(H,21,22)/t7?,8?,11-,12?,13?/m1/s1. The second-order valence-corrected chi connectivity index (χ2v) is 5.84. The molecular formula is C14H23NO8. The lowest BCUT2D eigenvalue weighted by Crippen LogP contribution is -2.60. The van der Waals surface area contributed by atoms with E-state index in [4.69, 9.17) is 14.9 Å². The molecule has 1 amide bonds. The molecular weight excluding hydrogens is 310 g/mol. The Hall–Kier alpha value is -1.68. The largest absolute Gasteiger partial charge is 0.478 e. The monoisotopic (exact) mass is 333 g/mol. The van der Waals surface area contributed by atoms with Crippen molar-refractivity contribution in [1.29, 1.82) is 0 Å². The van der Waals surface area contributed by atoms with Crippen LogP contribution < -0.4 is 5.32 Å². The van der Waals surface area contributed by atoms with Crippen LogP contribution in [0.3, 0.4) is 0 Å². The van der Waals surface area contributed by atoms with Gasteiger partial charge in [-0.05, 0) is 12.0 Å². The predicted molar refractivity (Wildman–Crippen MR) is 77.1 cm³/mol. The second-order valence-electron chi connectivity index (χ2n) is 5.84. The summed E-state index contributed by atoms with van der Waals surface area (Å²) in [5.41, 5.74) is 0. The van der Waals surface area contributed by atoms with E-state index >= 15 is 0 Å². The molecule has 6 N–H and O–H groups in total. The van der Waals surface area contributed by atoms with Gasteiger partial charge in [0.05, 0.1) is 12.6 Å². The minimum atomic E-state index is -1.71. The van der Waals surface area contributed by atoms with Crippen LogP contribution in [0.5, 0.6) is 0 Å². The Morgan fingerprint density at radius 3 is 2.43 bits per heavy atom. The van der Waals surface area contributed by atoms with Gasteiger partial charge in [0.15, 0.2) is 6.10 Å². The minimum Gasteiger partial charge on any atom is -0.478 e. The Balaban J connectivity index is 3.00. The number of aliphatic hydroxyl groups excluding tert-OH is 4. The van der Waals surface area contributed by atoms with Crippen molar-refractivity contribution in [3.63, 3.8) is 0 Å². The van der Waals surface area contributed by atoms with E-state index in [1.807, 2.05) is 13.8 Å². The SMILES string of the molecule is CC(C)CC(=O)N[C@@H]1C(O)C=C(C(=O)O)OC1C(O)C(O)CO. The number of nitrogens with one attached hydrogen (secondary N) is 1. The number of aliphatic hydroxyl groups is 4. The Bertz CT molecular complexity index is 464. The van der Waals surface area contributed by atoms with Crippen molar-refractivity contribution in [3.8, 4) is 0 Å². The molecule has 4 unspecified atom stereocenters. The number of aliphatic carboxylic acids is 1. The van der Waals surface area contributed by atoms with Gasteiger partial charge in [0.2, 0.25) is 11.7 Å². The van der Waals surface area contributed by atoms with Crippen LogP contribution in [0.2, 0.25) is 0 Å². The average Bonchev–Trinajstić information content (AvgIpc) is 2.46. The zero-order valence-corrected chi connectivity index (χ0v) is 12.9. The Morgan fingerprint density at radius 1 is 1.35 bits per heavy atom. The molecule has 0 aromatic heterocycles. The van der Waals surface area contributed by atoms with E-state index in [1.165, 1.54) is 0 Å². The molecule has 23 heavy (non-hydrogen) atoms. The number of carbonyl (C=O) groups is 2. The van der Waals surface area contributed by atoms with Gasteiger partial charge in [-0.1, -0.05) is 13.8 Å². The summed E-state index contributed by atoms with van der Waals surface area (Å²) >= 11 is 0. The third kappa shape index (κ3) is 5.17. The van der Waals surface area contributed by atoms with Gasteiger partial charge in [-0.3, -0.25) is 4.79 Å². The van der Waals surface area contributed by atoms with E-state index in [1.54, 1.807) is 0 Å². The fourth-order valence-corrected chi connectivity index (χ4v) is 2.23. The van der Waals surface area contributed by atoms with Crippen LogP contribution in [0.4, 0.5) is 0 Å². The summed E-state index contributed by atoms with van der Waals surface area (Å²) in [6, 6.07) is -1.17. The molecule has 0 radical (unpaired) electrons. The van der Waals surface area contributed by atoms with E-state index in [9.17, 15) is 24.9 Å². The maximum atomic E-state index is 11.9. The molecule has 1 rings (SSSR count). The number of ether oxygens (including phenoxy) is 1. The van der Waals surface area contributed by atoms with Crippen LogP contribution in [0.15, 0.2) is 11.8 Å². The highest BCUT2D eigenvalue weighted by Gasteiger charge is 2.43. The summed E-state index contributed by atoms with van der Waals surface area (Å²) in [4.78, 5) is 22.9. The topological polar surface area (TPSA) is 157 Å². The summed E-state index contributed by atoms with van der Waals surface area (Å²) < 4.78 is 5.09. The molecule has 1 heterocycles. The average molecular weight is 333 g/mol. The van der Waals surface area contributed by atoms with Crippen molar-refractivity contribution >= 4 is 11.9 Å². The van der Waals surface area contributed by atoms with Crippen LogP contribution in [0.25, 0.3) is 0 Å². The van der Waals surface area contributed by atoms with Gasteiger partial charge in [-0.25, -0.2) is 4.79 Å². The zero-order valence-electron chi connectivity index (χ0n) is 12.9. The molecule has 0 bridgehead atoms. The molecule has 9 heteroatoms. The van der Waals surface area contributed by atoms with Gasteiger partial charge < -0.3 is 35.6 Å². The van der Waals surface area contributed by atoms with E-state index in [0.29, 0.717) is 0 Å². The summed E-state index contributed by atoms with van der Waals surface area (Å²) in [6.07, 6.45) is -5.14. The molecule has 5 atom stereocenters. The molecule has 0 saturated carbocycles. The Morgan fingerprint density at radius 2 is 1.96 bits per heavy atom. The third-order valence-electron chi connectivity index (χ3n) is 3.36. The maximum absolute atomic E-state index is 11.9. The van der Waals surface area contributed by atoms with E-state index in [-0.39, 0.29) is 12.3 Å². The minimum absolute atomic E-state index is 0.0492. The second kappa shape index (κ2) is 8.25. The summed E-state index contributed by atoms with van der Waals surface area (Å²) in [7, 11) is 0. The molecule has 0 aromatic rings. The smallest absolute Gasteiger partial charge is 0.370 e. The van der Waals surface area contributed by atoms with Gasteiger partial charge in [0, 0.05) is 6.42 Å². The van der Waals surface area contributed by atoms with Gasteiger partial charge in [-0.15, -0.1) is 0 Å². The highest BCUT2D eigenvalue weighted by atomic mass is 16.5. The summed E-state index contributed by atoms with van der Waals surface area (Å²) in [5, 5.41) is 49.9. The molecule has 0 aromatic carbocycles. The number of rotatable bonds is 7. The van der Waals surface area contributed by atoms with Crippen LogP contribution >= 0.6 is 0 Å². The van der Waals surface area contributed by atoms with Crippen LogP contribution in [-0.4, -0.2) is 74.5 Å². The molecule has 0 fully saturated rings. The first-order valence-corrected chi connectivity index (χ1v) is 7.23. The van der Waals surface area contributed by atoms with Crippen molar-refractivity contribution in [1.82, 2.24) is 5.32 Å². The lowest BCUT2D eigenvalue weighted by Gasteiger charge is -2.38. The molecule has 9 nitrogen and oxygen atoms in total. The van der Waals surface area contributed by atoms with Gasteiger partial charge in [0.25, 0.3) is 0 Å². The van der Waals surface area contributed by atoms with Crippen LogP contribution in [-0.2, 0) is 14.3 Å². The fourth-order valence-electron chi connectivity index (χ4n) is 2.23. The molecule has 132 valence electrons. The van der Waals surface area contributed by atoms with Crippen molar-refractivity contribution in [2.45, 2.75) is 50.7 Å².